The Morgan fingerprint density at radius 1 is 1.35 bits per heavy atom. The van der Waals surface area contributed by atoms with Crippen molar-refractivity contribution in [3.63, 3.8) is 0 Å². The van der Waals surface area contributed by atoms with Crippen molar-refractivity contribution < 1.29 is 24.2 Å². The predicted molar refractivity (Wildman–Crippen MR) is 87.3 cm³/mol. The molecule has 1 atom stereocenters. The van der Waals surface area contributed by atoms with Crippen molar-refractivity contribution in [3.8, 4) is 0 Å². The third kappa shape index (κ3) is 3.59. The van der Waals surface area contributed by atoms with Gasteiger partial charge in [-0.1, -0.05) is 48.2 Å². The zero-order chi connectivity index (χ0) is 17.1. The van der Waals surface area contributed by atoms with E-state index in [0.717, 1.165) is 11.8 Å². The maximum absolute atomic E-state index is 12.4. The minimum atomic E-state index is -1.27. The number of carbonyl (C=O) groups excluding carboxylic acids is 3. The largest absolute Gasteiger partial charge is 0.545 e. The summed E-state index contributed by atoms with van der Waals surface area (Å²) in [6.07, 6.45) is 1.59. The van der Waals surface area contributed by atoms with Gasteiger partial charge in [0.1, 0.15) is 10.4 Å². The van der Waals surface area contributed by atoms with Gasteiger partial charge in [-0.15, -0.1) is 0 Å². The number of hydrogen-bond acceptors (Lipinski definition) is 7. The van der Waals surface area contributed by atoms with Gasteiger partial charge in [-0.3, -0.25) is 9.69 Å². The number of aromatic carboxylic acids is 1. The molecule has 2 rings (SSSR count). The summed E-state index contributed by atoms with van der Waals surface area (Å²) in [7, 11) is 1.24. The van der Waals surface area contributed by atoms with Gasteiger partial charge in [0.2, 0.25) is 0 Å². The number of esters is 1. The SMILES string of the molecule is COC(=O)[C@@H](C)N1C(=O)/C(=C/c2ccc(C(=O)[O-])cc2)SC1=S. The topological polar surface area (TPSA) is 86.7 Å². The van der Waals surface area contributed by atoms with Gasteiger partial charge < -0.3 is 14.6 Å². The highest BCUT2D eigenvalue weighted by molar-refractivity contribution is 8.26. The smallest absolute Gasteiger partial charge is 0.328 e. The number of benzene rings is 1. The number of rotatable bonds is 4. The van der Waals surface area contributed by atoms with Crippen LogP contribution in [0.25, 0.3) is 6.08 Å². The van der Waals surface area contributed by atoms with Gasteiger partial charge in [-0.25, -0.2) is 4.79 Å². The van der Waals surface area contributed by atoms with Crippen molar-refractivity contribution in [1.82, 2.24) is 4.90 Å². The van der Waals surface area contributed by atoms with E-state index in [4.69, 9.17) is 12.2 Å². The molecule has 1 fully saturated rings. The molecule has 0 saturated carbocycles. The molecule has 1 aliphatic rings. The van der Waals surface area contributed by atoms with Gasteiger partial charge in [0, 0.05) is 0 Å². The molecule has 0 aromatic heterocycles. The van der Waals surface area contributed by atoms with Crippen molar-refractivity contribution in [3.05, 3.63) is 40.3 Å². The average molecular weight is 350 g/mol. The monoisotopic (exact) mass is 350 g/mol. The molecule has 0 N–H and O–H groups in total. The molecule has 1 aromatic rings. The summed E-state index contributed by atoms with van der Waals surface area (Å²) in [5, 5.41) is 10.7. The highest BCUT2D eigenvalue weighted by Crippen LogP contribution is 2.34. The van der Waals surface area contributed by atoms with E-state index >= 15 is 0 Å². The number of thiocarbonyl (C=S) groups is 1. The minimum absolute atomic E-state index is 0.0500. The van der Waals surface area contributed by atoms with Gasteiger partial charge in [-0.2, -0.15) is 0 Å². The van der Waals surface area contributed by atoms with Gasteiger partial charge in [0.05, 0.1) is 18.0 Å². The number of amides is 1. The zero-order valence-electron chi connectivity index (χ0n) is 12.3. The molecule has 8 heteroatoms. The van der Waals surface area contributed by atoms with Crippen LogP contribution in [0.3, 0.4) is 0 Å². The van der Waals surface area contributed by atoms with Crippen molar-refractivity contribution in [1.29, 1.82) is 0 Å². The van der Waals surface area contributed by atoms with E-state index in [-0.39, 0.29) is 15.8 Å². The third-order valence-corrected chi connectivity index (χ3v) is 4.53. The Hall–Kier alpha value is -2.19. The van der Waals surface area contributed by atoms with Crippen LogP contribution >= 0.6 is 24.0 Å². The Labute approximate surface area is 142 Å². The fourth-order valence-electron chi connectivity index (χ4n) is 1.96. The van der Waals surface area contributed by atoms with Crippen LogP contribution in [-0.2, 0) is 14.3 Å². The number of carboxylic acids is 1. The quantitative estimate of drug-likeness (QED) is 0.451. The molecule has 1 amide bonds. The summed E-state index contributed by atoms with van der Waals surface area (Å²) < 4.78 is 4.90. The summed E-state index contributed by atoms with van der Waals surface area (Å²) in [5.41, 5.74) is 0.690. The molecule has 0 spiro atoms. The molecular weight excluding hydrogens is 338 g/mol. The van der Waals surface area contributed by atoms with Crippen molar-refractivity contribution in [2.24, 2.45) is 0 Å². The zero-order valence-corrected chi connectivity index (χ0v) is 13.9. The highest BCUT2D eigenvalue weighted by Gasteiger charge is 2.38. The molecule has 6 nitrogen and oxygen atoms in total. The maximum Gasteiger partial charge on any atom is 0.328 e. The summed E-state index contributed by atoms with van der Waals surface area (Å²) in [4.78, 5) is 36.2. The van der Waals surface area contributed by atoms with E-state index in [1.54, 1.807) is 18.2 Å². The molecular formula is C15H12NO5S2-. The van der Waals surface area contributed by atoms with Crippen LogP contribution in [0.1, 0.15) is 22.8 Å². The molecule has 1 heterocycles. The van der Waals surface area contributed by atoms with Crippen LogP contribution in [0, 0.1) is 0 Å². The van der Waals surface area contributed by atoms with E-state index in [9.17, 15) is 19.5 Å². The maximum atomic E-state index is 12.4. The summed E-state index contributed by atoms with van der Waals surface area (Å²) in [6, 6.07) is 5.08. The van der Waals surface area contributed by atoms with E-state index in [1.807, 2.05) is 0 Å². The standard InChI is InChI=1S/C15H13NO5S2/c1-8(14(20)21-2)16-12(17)11(23-15(16)22)7-9-3-5-10(6-4-9)13(18)19/h3-8H,1-2H3,(H,18,19)/p-1/b11-7-/t8-/m1/s1. The molecule has 0 radical (unpaired) electrons. The Bertz CT molecular complexity index is 711. The highest BCUT2D eigenvalue weighted by atomic mass is 32.2. The van der Waals surface area contributed by atoms with Crippen LogP contribution in [0.2, 0.25) is 0 Å². The van der Waals surface area contributed by atoms with Crippen molar-refractivity contribution >= 4 is 52.2 Å². The van der Waals surface area contributed by atoms with Crippen LogP contribution in [0.5, 0.6) is 0 Å². The van der Waals surface area contributed by atoms with Crippen molar-refractivity contribution in [2.45, 2.75) is 13.0 Å². The lowest BCUT2D eigenvalue weighted by Crippen LogP contribution is -2.42. The fraction of sp³-hybridized carbons (Fsp3) is 0.200. The Kier molecular flexibility index (Phi) is 5.17. The second-order valence-corrected chi connectivity index (χ2v) is 6.34. The number of ether oxygens (including phenoxy) is 1. The fourth-order valence-corrected chi connectivity index (χ4v) is 3.38. The molecule has 0 aliphatic carbocycles. The first-order valence-corrected chi connectivity index (χ1v) is 7.74. The predicted octanol–water partition coefficient (Wildman–Crippen LogP) is 0.813. The van der Waals surface area contributed by atoms with Crippen LogP contribution in [0.15, 0.2) is 29.2 Å². The summed E-state index contributed by atoms with van der Waals surface area (Å²) in [5.74, 6) is -2.21. The first-order chi connectivity index (χ1) is 10.8. The second kappa shape index (κ2) is 6.93. The second-order valence-electron chi connectivity index (χ2n) is 4.66. The van der Waals surface area contributed by atoms with Gasteiger partial charge >= 0.3 is 5.97 Å². The van der Waals surface area contributed by atoms with Crippen LogP contribution in [-0.4, -0.2) is 40.2 Å². The van der Waals surface area contributed by atoms with Gasteiger partial charge in [0.25, 0.3) is 5.91 Å². The van der Waals surface area contributed by atoms with E-state index < -0.39 is 18.0 Å². The molecule has 0 unspecified atom stereocenters. The number of nitrogens with zero attached hydrogens (tertiary/aromatic N) is 1. The van der Waals surface area contributed by atoms with Gasteiger partial charge in [0.15, 0.2) is 0 Å². The van der Waals surface area contributed by atoms with E-state index in [0.29, 0.717) is 10.5 Å². The number of hydrogen-bond donors (Lipinski definition) is 0. The number of methoxy groups -OCH3 is 1. The first kappa shape index (κ1) is 17.2. The summed E-state index contributed by atoms with van der Waals surface area (Å²) in [6.45, 7) is 1.54. The normalized spacial score (nSPS) is 17.5. The minimum Gasteiger partial charge on any atom is -0.545 e. The van der Waals surface area contributed by atoms with E-state index in [1.165, 1.54) is 31.1 Å². The summed E-state index contributed by atoms with van der Waals surface area (Å²) >= 11 is 6.22. The number of carbonyl (C=O) groups is 3. The van der Waals surface area contributed by atoms with Gasteiger partial charge in [-0.05, 0) is 24.1 Å². The lowest BCUT2D eigenvalue weighted by molar-refractivity contribution is -0.255. The lowest BCUT2D eigenvalue weighted by Gasteiger charge is -2.20. The molecule has 23 heavy (non-hydrogen) atoms. The molecule has 1 aromatic carbocycles. The average Bonchev–Trinajstić information content (AvgIpc) is 2.80. The third-order valence-electron chi connectivity index (χ3n) is 3.20. The van der Waals surface area contributed by atoms with E-state index in [2.05, 4.69) is 4.74 Å². The number of carboxylic acid groups (broad SMARTS) is 1. The first-order valence-electron chi connectivity index (χ1n) is 6.51. The number of thioether (sulfide) groups is 1. The Balaban J connectivity index is 2.24. The molecule has 1 aliphatic heterocycles. The van der Waals surface area contributed by atoms with Crippen LogP contribution < -0.4 is 5.11 Å². The Morgan fingerprint density at radius 2 is 1.96 bits per heavy atom. The molecule has 120 valence electrons. The lowest BCUT2D eigenvalue weighted by atomic mass is 10.1. The molecule has 0 bridgehead atoms. The van der Waals surface area contributed by atoms with Crippen molar-refractivity contribution in [2.75, 3.05) is 7.11 Å². The Morgan fingerprint density at radius 3 is 2.48 bits per heavy atom. The molecule has 1 saturated heterocycles. The van der Waals surface area contributed by atoms with Crippen LogP contribution in [0.4, 0.5) is 0 Å².